The number of aromatic hydroxyl groups is 1. The molecule has 2 rings (SSSR count). The molecular formula is C18H27F3N4O3S. The van der Waals surface area contributed by atoms with E-state index >= 15 is 0 Å². The molecular weight excluding hydrogens is 409 g/mol. The van der Waals surface area contributed by atoms with Crippen LogP contribution in [0.1, 0.15) is 24.8 Å². The van der Waals surface area contributed by atoms with Gasteiger partial charge < -0.3 is 15.7 Å². The number of phenols is 1. The molecule has 29 heavy (non-hydrogen) atoms. The Balaban J connectivity index is 1.67. The lowest BCUT2D eigenvalue weighted by atomic mass is 9.98. The van der Waals surface area contributed by atoms with Crippen molar-refractivity contribution in [3.63, 3.8) is 0 Å². The van der Waals surface area contributed by atoms with Gasteiger partial charge in [-0.25, -0.2) is 8.42 Å². The summed E-state index contributed by atoms with van der Waals surface area (Å²) in [6.45, 7) is 0.931. The van der Waals surface area contributed by atoms with Crippen molar-refractivity contribution in [2.45, 2.75) is 31.2 Å². The summed E-state index contributed by atoms with van der Waals surface area (Å²) >= 11 is 0. The quantitative estimate of drug-likeness (QED) is 0.346. The van der Waals surface area contributed by atoms with Gasteiger partial charge in [-0.15, -0.1) is 0 Å². The highest BCUT2D eigenvalue weighted by atomic mass is 32.2. The van der Waals surface area contributed by atoms with Gasteiger partial charge in [0.25, 0.3) is 0 Å². The van der Waals surface area contributed by atoms with Crippen molar-refractivity contribution in [2.75, 3.05) is 33.2 Å². The summed E-state index contributed by atoms with van der Waals surface area (Å²) in [4.78, 5) is 4.12. The number of halogens is 3. The number of rotatable bonds is 7. The van der Waals surface area contributed by atoms with Crippen LogP contribution in [0.5, 0.6) is 5.75 Å². The number of phenolic OH excluding ortho intramolecular Hbond substituents is 1. The molecule has 1 aliphatic heterocycles. The molecule has 0 amide bonds. The van der Waals surface area contributed by atoms with Crippen molar-refractivity contribution in [1.29, 1.82) is 0 Å². The van der Waals surface area contributed by atoms with Crippen molar-refractivity contribution in [3.05, 3.63) is 29.8 Å². The lowest BCUT2D eigenvalue weighted by Gasteiger charge is -2.31. The molecule has 1 saturated heterocycles. The zero-order valence-corrected chi connectivity index (χ0v) is 17.1. The molecule has 0 radical (unpaired) electrons. The van der Waals surface area contributed by atoms with Crippen molar-refractivity contribution < 1.29 is 26.7 Å². The Morgan fingerprint density at radius 2 is 1.83 bits per heavy atom. The number of hydrogen-bond acceptors (Lipinski definition) is 4. The van der Waals surface area contributed by atoms with Crippen LogP contribution in [0.25, 0.3) is 0 Å². The normalized spacial score (nSPS) is 17.3. The van der Waals surface area contributed by atoms with Crippen molar-refractivity contribution >= 4 is 16.0 Å². The lowest BCUT2D eigenvalue weighted by Crippen LogP contribution is -2.47. The van der Waals surface area contributed by atoms with Crippen LogP contribution >= 0.6 is 0 Å². The summed E-state index contributed by atoms with van der Waals surface area (Å²) in [5.74, 6) is 0.907. The maximum atomic E-state index is 12.6. The molecule has 0 aliphatic carbocycles. The van der Waals surface area contributed by atoms with Gasteiger partial charge in [0.2, 0.25) is 0 Å². The fourth-order valence-corrected chi connectivity index (χ4v) is 4.11. The van der Waals surface area contributed by atoms with E-state index in [1.54, 1.807) is 19.2 Å². The monoisotopic (exact) mass is 436 g/mol. The first-order chi connectivity index (χ1) is 13.6. The third kappa shape index (κ3) is 6.77. The van der Waals surface area contributed by atoms with Gasteiger partial charge in [-0.1, -0.05) is 12.1 Å². The number of hydrogen-bond donors (Lipinski definition) is 3. The van der Waals surface area contributed by atoms with Gasteiger partial charge >= 0.3 is 15.5 Å². The van der Waals surface area contributed by atoms with Crippen molar-refractivity contribution in [1.82, 2.24) is 14.9 Å². The van der Waals surface area contributed by atoms with Gasteiger partial charge in [0.05, 0.1) is 0 Å². The summed E-state index contributed by atoms with van der Waals surface area (Å²) in [7, 11) is -3.60. The summed E-state index contributed by atoms with van der Waals surface area (Å²) in [6, 6.07) is 7.03. The molecule has 1 fully saturated rings. The molecule has 164 valence electrons. The largest absolute Gasteiger partial charge is 0.511 e. The molecule has 11 heteroatoms. The standard InChI is InChI=1S/C18H27F3N4O3S/c1-22-17(23-10-2-3-14-4-6-16(26)7-5-14)24-13-15-8-11-25(12-9-15)29(27,28)18(19,20)21/h4-7,15,26H,2-3,8-13H2,1H3,(H2,22,23,24). The maximum Gasteiger partial charge on any atom is 0.511 e. The minimum absolute atomic E-state index is 0.0743. The first-order valence-corrected chi connectivity index (χ1v) is 10.9. The number of sulfonamides is 1. The highest BCUT2D eigenvalue weighted by Crippen LogP contribution is 2.30. The highest BCUT2D eigenvalue weighted by Gasteiger charge is 2.50. The fraction of sp³-hybridized carbons (Fsp3) is 0.611. The second-order valence-corrected chi connectivity index (χ2v) is 8.87. The molecule has 7 nitrogen and oxygen atoms in total. The number of aliphatic imine (C=N–C) groups is 1. The van der Waals surface area contributed by atoms with E-state index in [1.165, 1.54) is 0 Å². The van der Waals surface area contributed by atoms with Gasteiger partial charge in [0.1, 0.15) is 5.75 Å². The second-order valence-electron chi connectivity index (χ2n) is 6.94. The topological polar surface area (TPSA) is 94.0 Å². The molecule has 0 spiro atoms. The number of alkyl halides is 3. The maximum absolute atomic E-state index is 12.6. The Morgan fingerprint density at radius 3 is 2.38 bits per heavy atom. The Labute approximate surface area is 169 Å². The van der Waals surface area contributed by atoms with Crippen LogP contribution in [0.2, 0.25) is 0 Å². The second kappa shape index (κ2) is 10.1. The number of nitrogens with zero attached hydrogens (tertiary/aromatic N) is 2. The predicted octanol–water partition coefficient (Wildman–Crippen LogP) is 2.05. The van der Waals surface area contributed by atoms with Crippen LogP contribution in [0.4, 0.5) is 13.2 Å². The lowest BCUT2D eigenvalue weighted by molar-refractivity contribution is -0.0496. The van der Waals surface area contributed by atoms with E-state index < -0.39 is 15.5 Å². The number of piperidine rings is 1. The average molecular weight is 437 g/mol. The number of benzene rings is 1. The Hall–Kier alpha value is -2.01. The van der Waals surface area contributed by atoms with E-state index in [1.807, 2.05) is 12.1 Å². The molecule has 3 N–H and O–H groups in total. The van der Waals surface area contributed by atoms with Gasteiger partial charge in [-0.2, -0.15) is 17.5 Å². The Kier molecular flexibility index (Phi) is 8.14. The van der Waals surface area contributed by atoms with Gasteiger partial charge in [0, 0.05) is 33.2 Å². The molecule has 1 aromatic carbocycles. The van der Waals surface area contributed by atoms with Crippen LogP contribution in [0.3, 0.4) is 0 Å². The minimum Gasteiger partial charge on any atom is -0.508 e. The zero-order valence-electron chi connectivity index (χ0n) is 16.2. The van der Waals surface area contributed by atoms with Crippen molar-refractivity contribution in [2.24, 2.45) is 10.9 Å². The Bertz CT molecular complexity index is 775. The molecule has 1 heterocycles. The smallest absolute Gasteiger partial charge is 0.508 e. The summed E-state index contributed by atoms with van der Waals surface area (Å²) < 4.78 is 61.2. The van der Waals surface area contributed by atoms with Crippen LogP contribution in [-0.4, -0.2) is 62.5 Å². The molecule has 1 aromatic rings. The van der Waals surface area contributed by atoms with E-state index in [-0.39, 0.29) is 24.8 Å². The molecule has 0 saturated carbocycles. The van der Waals surface area contributed by atoms with Crippen LogP contribution in [0, 0.1) is 5.92 Å². The third-order valence-electron chi connectivity index (χ3n) is 4.86. The fourth-order valence-electron chi connectivity index (χ4n) is 3.12. The number of nitrogens with one attached hydrogen (secondary N) is 2. The zero-order chi connectivity index (χ0) is 21.5. The van der Waals surface area contributed by atoms with Gasteiger partial charge in [-0.05, 0) is 49.3 Å². The van der Waals surface area contributed by atoms with E-state index in [4.69, 9.17) is 0 Å². The molecule has 0 atom stereocenters. The summed E-state index contributed by atoms with van der Waals surface area (Å²) in [5.41, 5.74) is -4.13. The van der Waals surface area contributed by atoms with E-state index in [9.17, 15) is 26.7 Å². The molecule has 0 bridgehead atoms. The molecule has 0 unspecified atom stereocenters. The Morgan fingerprint density at radius 1 is 1.21 bits per heavy atom. The summed E-state index contributed by atoms with van der Waals surface area (Å²) in [6.07, 6.45) is 2.43. The minimum atomic E-state index is -5.25. The third-order valence-corrected chi connectivity index (χ3v) is 6.49. The van der Waals surface area contributed by atoms with Gasteiger partial charge in [-0.3, -0.25) is 4.99 Å². The van der Waals surface area contributed by atoms with E-state index in [0.29, 0.717) is 36.2 Å². The van der Waals surface area contributed by atoms with Gasteiger partial charge in [0.15, 0.2) is 5.96 Å². The molecule has 1 aliphatic rings. The SMILES string of the molecule is CN=C(NCCCc1ccc(O)cc1)NCC1CCN(S(=O)(=O)C(F)(F)F)CC1. The number of aryl methyl sites for hydroxylation is 1. The molecule has 0 aromatic heterocycles. The average Bonchev–Trinajstić information content (AvgIpc) is 2.68. The first-order valence-electron chi connectivity index (χ1n) is 9.42. The first kappa shape index (κ1) is 23.3. The summed E-state index contributed by atoms with van der Waals surface area (Å²) in [5, 5.41) is 15.6. The predicted molar refractivity (Wildman–Crippen MR) is 105 cm³/mol. The van der Waals surface area contributed by atoms with E-state index in [0.717, 1.165) is 18.4 Å². The van der Waals surface area contributed by atoms with Crippen LogP contribution in [-0.2, 0) is 16.4 Å². The van der Waals surface area contributed by atoms with Crippen LogP contribution in [0.15, 0.2) is 29.3 Å². The van der Waals surface area contributed by atoms with Crippen LogP contribution < -0.4 is 10.6 Å². The van der Waals surface area contributed by atoms with E-state index in [2.05, 4.69) is 15.6 Å². The van der Waals surface area contributed by atoms with Crippen molar-refractivity contribution in [3.8, 4) is 5.75 Å². The number of guanidine groups is 1. The highest BCUT2D eigenvalue weighted by molar-refractivity contribution is 7.90.